The van der Waals surface area contributed by atoms with E-state index in [1.807, 2.05) is 24.8 Å². The van der Waals surface area contributed by atoms with Crippen molar-refractivity contribution in [2.45, 2.75) is 39.2 Å². The van der Waals surface area contributed by atoms with Crippen LogP contribution in [0.3, 0.4) is 0 Å². The first-order valence-electron chi connectivity index (χ1n) is 6.67. The van der Waals surface area contributed by atoms with E-state index in [0.717, 1.165) is 25.0 Å². The standard InChI is InChI=1S/C14H21NO3/c1-3-15(10-12-6-4-5-8-17-12)14(16)13-11(2)7-9-18-13/h7,9,12H,3-6,8,10H2,1-2H3. The Labute approximate surface area is 108 Å². The van der Waals surface area contributed by atoms with E-state index in [1.165, 1.54) is 6.42 Å². The van der Waals surface area contributed by atoms with Crippen LogP contribution in [0.4, 0.5) is 0 Å². The number of nitrogens with zero attached hydrogens (tertiary/aromatic N) is 1. The quantitative estimate of drug-likeness (QED) is 0.826. The van der Waals surface area contributed by atoms with Gasteiger partial charge in [-0.2, -0.15) is 0 Å². The zero-order chi connectivity index (χ0) is 13.0. The first-order valence-corrected chi connectivity index (χ1v) is 6.67. The van der Waals surface area contributed by atoms with E-state index in [0.29, 0.717) is 18.8 Å². The average molecular weight is 251 g/mol. The molecule has 0 saturated carbocycles. The van der Waals surface area contributed by atoms with Gasteiger partial charge in [-0.15, -0.1) is 0 Å². The minimum atomic E-state index is -0.0332. The number of furan rings is 1. The highest BCUT2D eigenvalue weighted by Crippen LogP contribution is 2.17. The zero-order valence-corrected chi connectivity index (χ0v) is 11.1. The molecule has 18 heavy (non-hydrogen) atoms. The summed E-state index contributed by atoms with van der Waals surface area (Å²) in [5, 5.41) is 0. The molecule has 1 aliphatic rings. The summed E-state index contributed by atoms with van der Waals surface area (Å²) < 4.78 is 10.9. The van der Waals surface area contributed by atoms with Crippen molar-refractivity contribution in [2.75, 3.05) is 19.7 Å². The van der Waals surface area contributed by atoms with Gasteiger partial charge in [0.2, 0.25) is 0 Å². The molecule has 0 aliphatic carbocycles. The van der Waals surface area contributed by atoms with Gasteiger partial charge in [0.25, 0.3) is 5.91 Å². The van der Waals surface area contributed by atoms with E-state index in [-0.39, 0.29) is 12.0 Å². The Morgan fingerprint density at radius 2 is 2.33 bits per heavy atom. The topological polar surface area (TPSA) is 42.7 Å². The van der Waals surface area contributed by atoms with Crippen LogP contribution in [-0.4, -0.2) is 36.6 Å². The number of carbonyl (C=O) groups is 1. The van der Waals surface area contributed by atoms with E-state index in [9.17, 15) is 4.79 Å². The summed E-state index contributed by atoms with van der Waals surface area (Å²) in [7, 11) is 0. The molecule has 1 amide bonds. The molecule has 100 valence electrons. The smallest absolute Gasteiger partial charge is 0.289 e. The Kier molecular flexibility index (Phi) is 4.42. The monoisotopic (exact) mass is 251 g/mol. The molecule has 1 atom stereocenters. The summed E-state index contributed by atoms with van der Waals surface area (Å²) in [4.78, 5) is 14.1. The Bertz CT molecular complexity index is 393. The first-order chi connectivity index (χ1) is 8.72. The second kappa shape index (κ2) is 6.05. The highest BCUT2D eigenvalue weighted by atomic mass is 16.5. The van der Waals surface area contributed by atoms with E-state index >= 15 is 0 Å². The van der Waals surface area contributed by atoms with Crippen LogP contribution in [0.25, 0.3) is 0 Å². The number of likely N-dealkylation sites (N-methyl/N-ethyl adjacent to an activating group) is 1. The second-order valence-corrected chi connectivity index (χ2v) is 4.77. The van der Waals surface area contributed by atoms with Crippen molar-refractivity contribution in [1.82, 2.24) is 4.90 Å². The predicted octanol–water partition coefficient (Wildman–Crippen LogP) is 2.62. The number of hydrogen-bond acceptors (Lipinski definition) is 3. The van der Waals surface area contributed by atoms with Gasteiger partial charge in [-0.05, 0) is 39.2 Å². The lowest BCUT2D eigenvalue weighted by molar-refractivity contribution is -0.00371. The fourth-order valence-corrected chi connectivity index (χ4v) is 2.29. The summed E-state index contributed by atoms with van der Waals surface area (Å²) in [6.45, 7) is 6.03. The van der Waals surface area contributed by atoms with Crippen LogP contribution in [0.1, 0.15) is 42.3 Å². The number of amides is 1. The summed E-state index contributed by atoms with van der Waals surface area (Å²) >= 11 is 0. The van der Waals surface area contributed by atoms with Crippen molar-refractivity contribution < 1.29 is 13.9 Å². The van der Waals surface area contributed by atoms with Crippen LogP contribution in [0.2, 0.25) is 0 Å². The van der Waals surface area contributed by atoms with Gasteiger partial charge in [-0.25, -0.2) is 0 Å². The Morgan fingerprint density at radius 3 is 2.89 bits per heavy atom. The van der Waals surface area contributed by atoms with Gasteiger partial charge >= 0.3 is 0 Å². The van der Waals surface area contributed by atoms with Gasteiger partial charge in [0.15, 0.2) is 5.76 Å². The molecule has 4 heteroatoms. The molecule has 0 aromatic carbocycles. The molecular formula is C14H21NO3. The van der Waals surface area contributed by atoms with Crippen LogP contribution in [0, 0.1) is 6.92 Å². The van der Waals surface area contributed by atoms with Crippen molar-refractivity contribution in [3.05, 3.63) is 23.7 Å². The van der Waals surface area contributed by atoms with Crippen LogP contribution < -0.4 is 0 Å². The minimum Gasteiger partial charge on any atom is -0.459 e. The number of rotatable bonds is 4. The molecule has 0 spiro atoms. The zero-order valence-electron chi connectivity index (χ0n) is 11.1. The maximum atomic E-state index is 12.3. The van der Waals surface area contributed by atoms with E-state index < -0.39 is 0 Å². The third-order valence-electron chi connectivity index (χ3n) is 3.42. The summed E-state index contributed by atoms with van der Waals surface area (Å²) in [6.07, 6.45) is 5.11. The Balaban J connectivity index is 1.99. The van der Waals surface area contributed by atoms with Gasteiger partial charge in [0.05, 0.1) is 12.4 Å². The van der Waals surface area contributed by atoms with Crippen LogP contribution in [0.15, 0.2) is 16.7 Å². The van der Waals surface area contributed by atoms with Crippen LogP contribution in [0.5, 0.6) is 0 Å². The molecule has 0 radical (unpaired) electrons. The highest BCUT2D eigenvalue weighted by molar-refractivity contribution is 5.92. The third kappa shape index (κ3) is 2.93. The van der Waals surface area contributed by atoms with E-state index in [1.54, 1.807) is 6.26 Å². The van der Waals surface area contributed by atoms with Crippen molar-refractivity contribution in [2.24, 2.45) is 0 Å². The Morgan fingerprint density at radius 1 is 1.50 bits per heavy atom. The third-order valence-corrected chi connectivity index (χ3v) is 3.42. The van der Waals surface area contributed by atoms with Crippen molar-refractivity contribution >= 4 is 5.91 Å². The molecule has 1 saturated heterocycles. The molecule has 1 aromatic rings. The van der Waals surface area contributed by atoms with Gasteiger partial charge in [0.1, 0.15) is 0 Å². The SMILES string of the molecule is CCN(CC1CCCCO1)C(=O)c1occc1C. The summed E-state index contributed by atoms with van der Waals surface area (Å²) in [5.74, 6) is 0.418. The normalized spacial score (nSPS) is 19.8. The second-order valence-electron chi connectivity index (χ2n) is 4.77. The molecule has 4 nitrogen and oxygen atoms in total. The van der Waals surface area contributed by atoms with Crippen molar-refractivity contribution in [1.29, 1.82) is 0 Å². The van der Waals surface area contributed by atoms with Crippen LogP contribution in [-0.2, 0) is 4.74 Å². The number of carbonyl (C=O) groups excluding carboxylic acids is 1. The van der Waals surface area contributed by atoms with Gasteiger partial charge in [-0.3, -0.25) is 4.79 Å². The maximum absolute atomic E-state index is 12.3. The molecule has 1 fully saturated rings. The van der Waals surface area contributed by atoms with Gasteiger partial charge in [0, 0.05) is 25.3 Å². The summed E-state index contributed by atoms with van der Waals surface area (Å²) in [5.41, 5.74) is 0.892. The molecule has 0 bridgehead atoms. The lowest BCUT2D eigenvalue weighted by atomic mass is 10.1. The molecule has 1 unspecified atom stereocenters. The number of hydrogen-bond donors (Lipinski definition) is 0. The fourth-order valence-electron chi connectivity index (χ4n) is 2.29. The van der Waals surface area contributed by atoms with E-state index in [4.69, 9.17) is 9.15 Å². The Hall–Kier alpha value is -1.29. The molecule has 2 rings (SSSR count). The molecule has 1 aliphatic heterocycles. The number of ether oxygens (including phenoxy) is 1. The molecule has 1 aromatic heterocycles. The van der Waals surface area contributed by atoms with E-state index in [2.05, 4.69) is 0 Å². The fraction of sp³-hybridized carbons (Fsp3) is 0.643. The average Bonchev–Trinajstić information content (AvgIpc) is 2.82. The minimum absolute atomic E-state index is 0.0332. The lowest BCUT2D eigenvalue weighted by Gasteiger charge is -2.28. The first kappa shape index (κ1) is 13.1. The number of aryl methyl sites for hydroxylation is 1. The van der Waals surface area contributed by atoms with Crippen LogP contribution >= 0.6 is 0 Å². The maximum Gasteiger partial charge on any atom is 0.289 e. The molecule has 2 heterocycles. The highest BCUT2D eigenvalue weighted by Gasteiger charge is 2.23. The van der Waals surface area contributed by atoms with Crippen molar-refractivity contribution in [3.63, 3.8) is 0 Å². The lowest BCUT2D eigenvalue weighted by Crippen LogP contribution is -2.39. The largest absolute Gasteiger partial charge is 0.459 e. The van der Waals surface area contributed by atoms with Gasteiger partial charge < -0.3 is 14.1 Å². The predicted molar refractivity (Wildman–Crippen MR) is 68.6 cm³/mol. The van der Waals surface area contributed by atoms with Crippen molar-refractivity contribution in [3.8, 4) is 0 Å². The molecular weight excluding hydrogens is 230 g/mol. The molecule has 0 N–H and O–H groups in total. The van der Waals surface area contributed by atoms with Gasteiger partial charge in [-0.1, -0.05) is 0 Å². The summed E-state index contributed by atoms with van der Waals surface area (Å²) in [6, 6.07) is 1.82.